The van der Waals surface area contributed by atoms with Gasteiger partial charge in [-0.25, -0.2) is 4.98 Å². The number of rotatable bonds is 2. The molecule has 2 heterocycles. The van der Waals surface area contributed by atoms with Gasteiger partial charge < -0.3 is 10.2 Å². The van der Waals surface area contributed by atoms with Crippen molar-refractivity contribution >= 4 is 5.91 Å². The zero-order valence-electron chi connectivity index (χ0n) is 16.9. The summed E-state index contributed by atoms with van der Waals surface area (Å²) in [7, 11) is 1.68. The van der Waals surface area contributed by atoms with E-state index in [1.807, 2.05) is 19.9 Å². The van der Waals surface area contributed by atoms with E-state index in [2.05, 4.69) is 47.2 Å². The number of nitrogens with zero attached hydrogens (tertiary/aromatic N) is 3. The molecule has 1 aromatic carbocycles. The molecule has 1 amide bonds. The van der Waals surface area contributed by atoms with Crippen LogP contribution in [0.15, 0.2) is 61.1 Å². The molecule has 1 N–H and O–H groups in total. The quantitative estimate of drug-likeness (QED) is 0.768. The number of hydrogen-bond acceptors (Lipinski definition) is 4. The maximum Gasteiger partial charge on any atom is 0.230 e. The summed E-state index contributed by atoms with van der Waals surface area (Å²) in [5, 5.41) is 11.9. The zero-order valence-corrected chi connectivity index (χ0v) is 16.9. The molecule has 2 aliphatic rings. The van der Waals surface area contributed by atoms with E-state index in [0.717, 1.165) is 11.5 Å². The number of nitriles is 1. The first kappa shape index (κ1) is 23.9. The van der Waals surface area contributed by atoms with Crippen LogP contribution in [0.5, 0.6) is 0 Å². The number of hydrogen-bond donors (Lipinski definition) is 1. The van der Waals surface area contributed by atoms with Crippen LogP contribution in [-0.4, -0.2) is 22.8 Å². The third-order valence-electron chi connectivity index (χ3n) is 4.65. The van der Waals surface area contributed by atoms with Crippen LogP contribution in [-0.2, 0) is 4.79 Å². The van der Waals surface area contributed by atoms with Crippen molar-refractivity contribution in [2.45, 2.75) is 52.5 Å². The van der Waals surface area contributed by atoms with E-state index in [9.17, 15) is 4.79 Å². The van der Waals surface area contributed by atoms with Crippen molar-refractivity contribution in [2.24, 2.45) is 0 Å². The van der Waals surface area contributed by atoms with Crippen molar-refractivity contribution in [1.82, 2.24) is 15.2 Å². The summed E-state index contributed by atoms with van der Waals surface area (Å²) >= 11 is 0. The van der Waals surface area contributed by atoms with E-state index in [-0.39, 0.29) is 19.4 Å². The first-order valence-corrected chi connectivity index (χ1v) is 9.71. The fourth-order valence-electron chi connectivity index (χ4n) is 2.88. The summed E-state index contributed by atoms with van der Waals surface area (Å²) in [4.78, 5) is 17.1. The van der Waals surface area contributed by atoms with Crippen molar-refractivity contribution in [3.63, 3.8) is 0 Å². The fraction of sp³-hybridized carbons (Fsp3) is 0.375. The predicted molar refractivity (Wildman–Crippen MR) is 118 cm³/mol. The Morgan fingerprint density at radius 2 is 1.83 bits per heavy atom. The van der Waals surface area contributed by atoms with E-state index < -0.39 is 0 Å². The Kier molecular flexibility index (Phi) is 9.61. The molecule has 2 aromatic rings. The zero-order chi connectivity index (χ0) is 20.5. The van der Waals surface area contributed by atoms with Gasteiger partial charge in [0.05, 0.1) is 12.5 Å². The van der Waals surface area contributed by atoms with Gasteiger partial charge in [-0.2, -0.15) is 5.26 Å². The lowest BCUT2D eigenvalue weighted by atomic mass is 10.0. The number of aromatic nitrogens is 1. The van der Waals surface area contributed by atoms with E-state index in [1.165, 1.54) is 23.3 Å². The third kappa shape index (κ3) is 6.76. The second-order valence-corrected chi connectivity index (χ2v) is 6.57. The maximum atomic E-state index is 11.7. The van der Waals surface area contributed by atoms with Gasteiger partial charge in [-0.1, -0.05) is 58.2 Å². The Morgan fingerprint density at radius 3 is 2.38 bits per heavy atom. The Labute approximate surface area is 175 Å². The second-order valence-electron chi connectivity index (χ2n) is 6.57. The van der Waals surface area contributed by atoms with Gasteiger partial charge in [0.2, 0.25) is 5.91 Å². The lowest BCUT2D eigenvalue weighted by Crippen LogP contribution is -2.42. The lowest BCUT2D eigenvalue weighted by Gasteiger charge is -2.32. The molecule has 5 heteroatoms. The van der Waals surface area contributed by atoms with Gasteiger partial charge in [0.1, 0.15) is 17.6 Å². The number of carbonyl (C=O) groups is 1. The average molecular weight is 393 g/mol. The van der Waals surface area contributed by atoms with E-state index in [1.54, 1.807) is 25.4 Å². The number of carbonyl (C=O) groups excluding carboxylic acids is 1. The molecule has 1 aromatic heterocycles. The largest absolute Gasteiger partial charge is 0.365 e. The van der Waals surface area contributed by atoms with E-state index in [0.29, 0.717) is 17.9 Å². The molecule has 0 spiro atoms. The molecule has 1 unspecified atom stereocenters. The van der Waals surface area contributed by atoms with Gasteiger partial charge in [0.25, 0.3) is 0 Å². The van der Waals surface area contributed by atoms with Gasteiger partial charge in [0, 0.05) is 13.2 Å². The maximum absolute atomic E-state index is 11.7. The molecule has 1 aliphatic carbocycles. The van der Waals surface area contributed by atoms with Crippen LogP contribution in [0.3, 0.4) is 0 Å². The van der Waals surface area contributed by atoms with E-state index >= 15 is 0 Å². The van der Waals surface area contributed by atoms with Crippen LogP contribution >= 0.6 is 0 Å². The Balaban J connectivity index is 0.000000295. The van der Waals surface area contributed by atoms with Gasteiger partial charge in [-0.05, 0) is 42.0 Å². The van der Waals surface area contributed by atoms with Crippen molar-refractivity contribution < 1.29 is 4.79 Å². The minimum atomic E-state index is -0.138. The molecule has 0 radical (unpaired) electrons. The molecule has 1 saturated heterocycles. The summed E-state index contributed by atoms with van der Waals surface area (Å²) in [6, 6.07) is 16.1. The summed E-state index contributed by atoms with van der Waals surface area (Å²) in [5.74, 6) is 1.49. The Morgan fingerprint density at radius 1 is 1.17 bits per heavy atom. The highest BCUT2D eigenvalue weighted by Crippen LogP contribution is 2.39. The van der Waals surface area contributed by atoms with Crippen LogP contribution in [0.1, 0.15) is 69.3 Å². The number of nitrogens with one attached hydrogen (secondary N) is 1. The van der Waals surface area contributed by atoms with Crippen LogP contribution in [0.4, 0.5) is 0 Å². The molecule has 1 aliphatic heterocycles. The molecular formula is C24H32N4O. The molecule has 1 saturated carbocycles. The van der Waals surface area contributed by atoms with Crippen LogP contribution < -0.4 is 5.32 Å². The normalized spacial score (nSPS) is 17.3. The molecular weight excluding hydrogens is 360 g/mol. The predicted octanol–water partition coefficient (Wildman–Crippen LogP) is 5.14. The minimum Gasteiger partial charge on any atom is -0.365 e. The smallest absolute Gasteiger partial charge is 0.230 e. The summed E-state index contributed by atoms with van der Waals surface area (Å²) in [6.45, 7) is 7.78. The van der Waals surface area contributed by atoms with E-state index in [4.69, 9.17) is 5.26 Å². The van der Waals surface area contributed by atoms with Gasteiger partial charge >= 0.3 is 0 Å². The molecule has 1 atom stereocenters. The molecule has 0 bridgehead atoms. The van der Waals surface area contributed by atoms with Crippen molar-refractivity contribution in [3.05, 3.63) is 77.9 Å². The number of pyridine rings is 1. The average Bonchev–Trinajstić information content (AvgIpc) is 3.60. The fourth-order valence-corrected chi connectivity index (χ4v) is 2.88. The third-order valence-corrected chi connectivity index (χ3v) is 4.65. The number of amides is 1. The lowest BCUT2D eigenvalue weighted by molar-refractivity contribution is -0.130. The van der Waals surface area contributed by atoms with Gasteiger partial charge in [0.15, 0.2) is 0 Å². The summed E-state index contributed by atoms with van der Waals surface area (Å²) in [6.07, 6.45) is 4.74. The molecule has 4 rings (SSSR count). The standard InChI is InChI=1S/C12H12N4O.C9H10.C2H6.CH4/c1-8-15-11(6-12(17)16(8)2)9-3-4-14-10(5-9)7-13;1-2-4-8(5-3-1)9-6-7-9;1-2;/h3-5,11,15H,1,6H2,2H3;1-5,9H,6-7H2;1-2H3;1H4. The van der Waals surface area contributed by atoms with Crippen LogP contribution in [0.2, 0.25) is 0 Å². The first-order chi connectivity index (χ1) is 13.6. The monoisotopic (exact) mass is 392 g/mol. The topological polar surface area (TPSA) is 69.0 Å². The van der Waals surface area contributed by atoms with Gasteiger partial charge in [-0.15, -0.1) is 0 Å². The minimum absolute atomic E-state index is 0. The van der Waals surface area contributed by atoms with Gasteiger partial charge in [-0.3, -0.25) is 4.79 Å². The first-order valence-electron chi connectivity index (χ1n) is 9.71. The highest BCUT2D eigenvalue weighted by atomic mass is 16.2. The summed E-state index contributed by atoms with van der Waals surface area (Å²) < 4.78 is 0. The second kappa shape index (κ2) is 11.7. The summed E-state index contributed by atoms with van der Waals surface area (Å²) in [5.41, 5.74) is 2.75. The molecule has 29 heavy (non-hydrogen) atoms. The van der Waals surface area contributed by atoms with Crippen LogP contribution in [0.25, 0.3) is 0 Å². The SMILES string of the molecule is C.C=C1NC(c2ccnc(C#N)c2)CC(=O)N1C.CC.c1ccc(C2CC2)cc1. The highest BCUT2D eigenvalue weighted by molar-refractivity contribution is 5.79. The Bertz CT molecular complexity index is 819. The van der Waals surface area contributed by atoms with Crippen molar-refractivity contribution in [1.29, 1.82) is 5.26 Å². The van der Waals surface area contributed by atoms with Crippen LogP contribution in [0, 0.1) is 11.3 Å². The highest BCUT2D eigenvalue weighted by Gasteiger charge is 2.26. The Hall–Kier alpha value is -3.13. The molecule has 2 fully saturated rings. The van der Waals surface area contributed by atoms with Crippen molar-refractivity contribution in [3.8, 4) is 6.07 Å². The molecule has 154 valence electrons. The number of benzene rings is 1. The molecule has 5 nitrogen and oxygen atoms in total. The van der Waals surface area contributed by atoms with Crippen molar-refractivity contribution in [2.75, 3.05) is 7.05 Å².